The minimum atomic E-state index is 0.620. The standard InChI is InChI=1S/C14H22N2O/c1-3-17-14-7-5-4-6-12(14)10-15-13-8-9-16(2)11-13/h4-7,13,15H,3,8-11H2,1-2H3. The van der Waals surface area contributed by atoms with Crippen molar-refractivity contribution in [2.45, 2.75) is 25.9 Å². The van der Waals surface area contributed by atoms with Crippen LogP contribution in [0, 0.1) is 0 Å². The molecule has 0 aromatic heterocycles. The minimum Gasteiger partial charge on any atom is -0.494 e. The SMILES string of the molecule is CCOc1ccccc1CNC1CCN(C)C1. The van der Waals surface area contributed by atoms with E-state index in [0.29, 0.717) is 6.04 Å². The van der Waals surface area contributed by atoms with Crippen molar-refractivity contribution in [2.24, 2.45) is 0 Å². The molecule has 1 fully saturated rings. The van der Waals surface area contributed by atoms with Gasteiger partial charge in [0.25, 0.3) is 0 Å². The summed E-state index contributed by atoms with van der Waals surface area (Å²) in [6.45, 7) is 6.00. The maximum Gasteiger partial charge on any atom is 0.123 e. The molecule has 3 heteroatoms. The fraction of sp³-hybridized carbons (Fsp3) is 0.571. The number of para-hydroxylation sites is 1. The van der Waals surface area contributed by atoms with E-state index < -0.39 is 0 Å². The molecular weight excluding hydrogens is 212 g/mol. The van der Waals surface area contributed by atoms with Crippen molar-refractivity contribution in [3.05, 3.63) is 29.8 Å². The van der Waals surface area contributed by atoms with Crippen LogP contribution in [0.25, 0.3) is 0 Å². The number of likely N-dealkylation sites (N-methyl/N-ethyl adjacent to an activating group) is 1. The summed E-state index contributed by atoms with van der Waals surface area (Å²) in [5.41, 5.74) is 1.25. The lowest BCUT2D eigenvalue weighted by molar-refractivity contribution is 0.334. The lowest BCUT2D eigenvalue weighted by atomic mass is 10.2. The maximum absolute atomic E-state index is 5.62. The number of benzene rings is 1. The largest absolute Gasteiger partial charge is 0.494 e. The fourth-order valence-corrected chi connectivity index (χ4v) is 2.30. The smallest absolute Gasteiger partial charge is 0.123 e. The minimum absolute atomic E-state index is 0.620. The number of nitrogens with one attached hydrogen (secondary N) is 1. The Bertz CT molecular complexity index is 354. The Morgan fingerprint density at radius 1 is 1.41 bits per heavy atom. The molecule has 0 saturated carbocycles. The molecule has 1 aromatic rings. The van der Waals surface area contributed by atoms with Gasteiger partial charge in [-0.15, -0.1) is 0 Å². The van der Waals surface area contributed by atoms with Crippen LogP contribution < -0.4 is 10.1 Å². The lowest BCUT2D eigenvalue weighted by Crippen LogP contribution is -2.31. The zero-order valence-electron chi connectivity index (χ0n) is 10.8. The Kier molecular flexibility index (Phi) is 4.40. The topological polar surface area (TPSA) is 24.5 Å². The van der Waals surface area contributed by atoms with E-state index in [1.54, 1.807) is 0 Å². The van der Waals surface area contributed by atoms with E-state index in [1.165, 1.54) is 18.5 Å². The molecule has 1 aliphatic heterocycles. The van der Waals surface area contributed by atoms with Crippen molar-refractivity contribution in [2.75, 3.05) is 26.7 Å². The van der Waals surface area contributed by atoms with Crippen molar-refractivity contribution in [3.8, 4) is 5.75 Å². The molecule has 1 aliphatic rings. The monoisotopic (exact) mass is 234 g/mol. The van der Waals surface area contributed by atoms with Crippen LogP contribution in [0.4, 0.5) is 0 Å². The van der Waals surface area contributed by atoms with E-state index in [1.807, 2.05) is 19.1 Å². The van der Waals surface area contributed by atoms with E-state index in [9.17, 15) is 0 Å². The fourth-order valence-electron chi connectivity index (χ4n) is 2.30. The molecule has 0 spiro atoms. The first-order valence-corrected chi connectivity index (χ1v) is 6.42. The molecule has 1 atom stereocenters. The second-order valence-electron chi connectivity index (χ2n) is 4.67. The second kappa shape index (κ2) is 6.03. The Balaban J connectivity index is 1.89. The molecule has 1 N–H and O–H groups in total. The molecule has 1 unspecified atom stereocenters. The van der Waals surface area contributed by atoms with Gasteiger partial charge in [0.2, 0.25) is 0 Å². The van der Waals surface area contributed by atoms with Gasteiger partial charge in [-0.1, -0.05) is 18.2 Å². The molecule has 0 aliphatic carbocycles. The average molecular weight is 234 g/mol. The summed E-state index contributed by atoms with van der Waals surface area (Å²) in [5, 5.41) is 3.61. The molecule has 3 nitrogen and oxygen atoms in total. The molecular formula is C14H22N2O. The van der Waals surface area contributed by atoms with E-state index in [-0.39, 0.29) is 0 Å². The van der Waals surface area contributed by atoms with Crippen molar-refractivity contribution < 1.29 is 4.74 Å². The highest BCUT2D eigenvalue weighted by molar-refractivity contribution is 5.33. The molecule has 0 bridgehead atoms. The van der Waals surface area contributed by atoms with Crippen LogP contribution >= 0.6 is 0 Å². The second-order valence-corrected chi connectivity index (χ2v) is 4.67. The van der Waals surface area contributed by atoms with Gasteiger partial charge < -0.3 is 15.0 Å². The normalized spacial score (nSPS) is 20.7. The number of rotatable bonds is 5. The Morgan fingerprint density at radius 3 is 2.94 bits per heavy atom. The van der Waals surface area contributed by atoms with Gasteiger partial charge >= 0.3 is 0 Å². The first kappa shape index (κ1) is 12.4. The quantitative estimate of drug-likeness (QED) is 0.842. The van der Waals surface area contributed by atoms with Gasteiger partial charge in [0, 0.05) is 24.7 Å². The van der Waals surface area contributed by atoms with Crippen LogP contribution in [0.5, 0.6) is 5.75 Å². The van der Waals surface area contributed by atoms with Crippen LogP contribution in [-0.4, -0.2) is 37.7 Å². The highest BCUT2D eigenvalue weighted by atomic mass is 16.5. The van der Waals surface area contributed by atoms with Gasteiger partial charge in [-0.05, 0) is 33.0 Å². The number of nitrogens with zero attached hydrogens (tertiary/aromatic N) is 1. The zero-order chi connectivity index (χ0) is 12.1. The first-order chi connectivity index (χ1) is 8.29. The summed E-state index contributed by atoms with van der Waals surface area (Å²) in [6.07, 6.45) is 1.24. The molecule has 2 rings (SSSR count). The summed E-state index contributed by atoms with van der Waals surface area (Å²) in [5.74, 6) is 1.01. The molecule has 94 valence electrons. The van der Waals surface area contributed by atoms with Crippen molar-refractivity contribution in [1.82, 2.24) is 10.2 Å². The van der Waals surface area contributed by atoms with Gasteiger partial charge in [-0.3, -0.25) is 0 Å². The van der Waals surface area contributed by atoms with Crippen LogP contribution in [-0.2, 0) is 6.54 Å². The average Bonchev–Trinajstić information content (AvgIpc) is 2.74. The molecule has 0 amide bonds. The van der Waals surface area contributed by atoms with Gasteiger partial charge in [0.1, 0.15) is 5.75 Å². The maximum atomic E-state index is 5.62. The molecule has 1 aromatic carbocycles. The van der Waals surface area contributed by atoms with Crippen LogP contribution in [0.2, 0.25) is 0 Å². The number of ether oxygens (including phenoxy) is 1. The van der Waals surface area contributed by atoms with E-state index in [0.717, 1.165) is 25.4 Å². The highest BCUT2D eigenvalue weighted by Gasteiger charge is 2.18. The molecule has 1 heterocycles. The van der Waals surface area contributed by atoms with Gasteiger partial charge in [-0.2, -0.15) is 0 Å². The van der Waals surface area contributed by atoms with Crippen molar-refractivity contribution in [1.29, 1.82) is 0 Å². The third-order valence-corrected chi connectivity index (χ3v) is 3.24. The van der Waals surface area contributed by atoms with Gasteiger partial charge in [0.15, 0.2) is 0 Å². The highest BCUT2D eigenvalue weighted by Crippen LogP contribution is 2.18. The zero-order valence-corrected chi connectivity index (χ0v) is 10.8. The Labute approximate surface area is 104 Å². The first-order valence-electron chi connectivity index (χ1n) is 6.42. The Hall–Kier alpha value is -1.06. The number of hydrogen-bond acceptors (Lipinski definition) is 3. The Morgan fingerprint density at radius 2 is 2.24 bits per heavy atom. The van der Waals surface area contributed by atoms with E-state index in [2.05, 4.69) is 29.4 Å². The molecule has 17 heavy (non-hydrogen) atoms. The summed E-state index contributed by atoms with van der Waals surface area (Å²) < 4.78 is 5.62. The van der Waals surface area contributed by atoms with Crippen LogP contribution in [0.1, 0.15) is 18.9 Å². The number of hydrogen-bond donors (Lipinski definition) is 1. The predicted octanol–water partition coefficient (Wildman–Crippen LogP) is 1.88. The third-order valence-electron chi connectivity index (χ3n) is 3.24. The van der Waals surface area contributed by atoms with Crippen LogP contribution in [0.3, 0.4) is 0 Å². The van der Waals surface area contributed by atoms with Crippen molar-refractivity contribution in [3.63, 3.8) is 0 Å². The third kappa shape index (κ3) is 3.45. The summed E-state index contributed by atoms with van der Waals surface area (Å²) >= 11 is 0. The lowest BCUT2D eigenvalue weighted by Gasteiger charge is -2.15. The number of likely N-dealkylation sites (tertiary alicyclic amines) is 1. The summed E-state index contributed by atoms with van der Waals surface area (Å²) in [4.78, 5) is 2.37. The molecule has 0 radical (unpaired) electrons. The van der Waals surface area contributed by atoms with Crippen molar-refractivity contribution >= 4 is 0 Å². The van der Waals surface area contributed by atoms with Gasteiger partial charge in [0.05, 0.1) is 6.61 Å². The summed E-state index contributed by atoms with van der Waals surface area (Å²) in [6, 6.07) is 8.89. The predicted molar refractivity (Wildman–Crippen MR) is 70.4 cm³/mol. The van der Waals surface area contributed by atoms with Gasteiger partial charge in [-0.25, -0.2) is 0 Å². The summed E-state index contributed by atoms with van der Waals surface area (Å²) in [7, 11) is 2.18. The van der Waals surface area contributed by atoms with E-state index >= 15 is 0 Å². The van der Waals surface area contributed by atoms with E-state index in [4.69, 9.17) is 4.74 Å². The molecule has 1 saturated heterocycles. The van der Waals surface area contributed by atoms with Crippen LogP contribution in [0.15, 0.2) is 24.3 Å².